The molecule has 0 radical (unpaired) electrons. The molecule has 1 aliphatic heterocycles. The Bertz CT molecular complexity index is 1520. The molecule has 2 N–H and O–H groups in total. The van der Waals surface area contributed by atoms with Crippen molar-refractivity contribution in [2.24, 2.45) is 16.7 Å². The summed E-state index contributed by atoms with van der Waals surface area (Å²) < 4.78 is 59.3. The minimum atomic E-state index is -3.65. The van der Waals surface area contributed by atoms with Crippen LogP contribution in [0.15, 0.2) is 24.3 Å². The molecule has 2 bridgehead atoms. The lowest BCUT2D eigenvalue weighted by Crippen LogP contribution is -2.58. The van der Waals surface area contributed by atoms with E-state index in [1.54, 1.807) is 25.1 Å². The summed E-state index contributed by atoms with van der Waals surface area (Å²) in [7, 11) is -7.06. The number of carbonyl (C=O) groups is 2. The molecule has 45 heavy (non-hydrogen) atoms. The highest BCUT2D eigenvalue weighted by molar-refractivity contribution is 7.90. The maximum Gasteiger partial charge on any atom is 0.408 e. The van der Waals surface area contributed by atoms with E-state index in [0.29, 0.717) is 25.9 Å². The Morgan fingerprint density at radius 2 is 1.71 bits per heavy atom. The molecule has 1 spiro atoms. The number of piperidine rings is 1. The third kappa shape index (κ3) is 6.79. The fourth-order valence-corrected chi connectivity index (χ4v) is 11.8. The maximum atomic E-state index is 14.2. The second-order valence-electron chi connectivity index (χ2n) is 15.6. The van der Waals surface area contributed by atoms with Crippen molar-refractivity contribution in [2.45, 2.75) is 109 Å². The summed E-state index contributed by atoms with van der Waals surface area (Å²) in [5, 5.41) is 5.66. The van der Waals surface area contributed by atoms with Gasteiger partial charge in [-0.3, -0.25) is 4.79 Å². The molecule has 1 aromatic carbocycles. The van der Waals surface area contributed by atoms with E-state index in [1.807, 2.05) is 0 Å². The van der Waals surface area contributed by atoms with E-state index in [-0.39, 0.29) is 34.7 Å². The summed E-state index contributed by atoms with van der Waals surface area (Å²) in [5.41, 5.74) is 0.986. The van der Waals surface area contributed by atoms with E-state index in [4.69, 9.17) is 4.74 Å². The number of amides is 2. The van der Waals surface area contributed by atoms with Crippen molar-refractivity contribution in [3.05, 3.63) is 35.4 Å². The van der Waals surface area contributed by atoms with Crippen molar-refractivity contribution in [2.75, 3.05) is 30.9 Å². The van der Waals surface area contributed by atoms with Gasteiger partial charge in [-0.1, -0.05) is 38.1 Å². The molecule has 4 unspecified atom stereocenters. The summed E-state index contributed by atoms with van der Waals surface area (Å²) in [6.45, 7) is 10.3. The number of fused-ring (bicyclic) bond motifs is 4. The number of aryl methyl sites for hydroxylation is 1. The van der Waals surface area contributed by atoms with Crippen LogP contribution in [0.1, 0.15) is 90.7 Å². The fraction of sp³-hybridized carbons (Fsp3) is 0.758. The van der Waals surface area contributed by atoms with Crippen molar-refractivity contribution >= 4 is 31.9 Å². The van der Waals surface area contributed by atoms with Gasteiger partial charge in [0.25, 0.3) is 0 Å². The predicted octanol–water partition coefficient (Wildman–Crippen LogP) is 3.94. The fourth-order valence-electron chi connectivity index (χ4n) is 8.84. The predicted molar refractivity (Wildman–Crippen MR) is 174 cm³/mol. The SMILES string of the molecule is CC(C)(C)OC(=O)NC(CCS(C)(=O)=O)C(=O)NC1CC2CCC1(CS(=O)(=O)N1CCC3(CCc4ccccc43)CC1)C2(C)C. The minimum Gasteiger partial charge on any atom is -0.444 e. The van der Waals surface area contributed by atoms with Crippen LogP contribution in [0.25, 0.3) is 0 Å². The number of rotatable bonds is 9. The van der Waals surface area contributed by atoms with Gasteiger partial charge < -0.3 is 15.4 Å². The van der Waals surface area contributed by atoms with Gasteiger partial charge in [0.15, 0.2) is 0 Å². The van der Waals surface area contributed by atoms with Crippen molar-refractivity contribution in [1.82, 2.24) is 14.9 Å². The highest BCUT2D eigenvalue weighted by atomic mass is 32.2. The van der Waals surface area contributed by atoms with Crippen molar-refractivity contribution in [3.8, 4) is 0 Å². The first kappa shape index (κ1) is 34.2. The van der Waals surface area contributed by atoms with Crippen LogP contribution in [0, 0.1) is 16.7 Å². The van der Waals surface area contributed by atoms with Crippen molar-refractivity contribution in [3.63, 3.8) is 0 Å². The van der Waals surface area contributed by atoms with Crippen molar-refractivity contribution in [1.29, 1.82) is 0 Å². The number of ether oxygens (including phenoxy) is 1. The van der Waals surface area contributed by atoms with Gasteiger partial charge in [-0.25, -0.2) is 25.9 Å². The number of carbonyl (C=O) groups excluding carboxylic acids is 2. The van der Waals surface area contributed by atoms with E-state index in [0.717, 1.165) is 38.4 Å². The number of benzene rings is 1. The summed E-state index contributed by atoms with van der Waals surface area (Å²) in [6.07, 6.45) is 6.07. The van der Waals surface area contributed by atoms with Crippen LogP contribution in [-0.4, -0.2) is 81.7 Å². The highest BCUT2D eigenvalue weighted by Crippen LogP contribution is 2.66. The quantitative estimate of drug-likeness (QED) is 0.408. The normalized spacial score (nSPS) is 28.0. The van der Waals surface area contributed by atoms with E-state index < -0.39 is 55.0 Å². The van der Waals surface area contributed by atoms with Gasteiger partial charge in [0, 0.05) is 30.8 Å². The van der Waals surface area contributed by atoms with Gasteiger partial charge in [0.1, 0.15) is 21.5 Å². The Morgan fingerprint density at radius 3 is 2.33 bits per heavy atom. The first-order valence-corrected chi connectivity index (χ1v) is 20.0. The molecule has 1 heterocycles. The zero-order chi connectivity index (χ0) is 33.1. The molecule has 252 valence electrons. The zero-order valence-corrected chi connectivity index (χ0v) is 29.3. The Hall–Kier alpha value is -2.18. The summed E-state index contributed by atoms with van der Waals surface area (Å²) in [4.78, 5) is 26.3. The average molecular weight is 666 g/mol. The first-order chi connectivity index (χ1) is 20.8. The number of nitrogens with one attached hydrogen (secondary N) is 2. The van der Waals surface area contributed by atoms with Crippen LogP contribution in [0.5, 0.6) is 0 Å². The summed E-state index contributed by atoms with van der Waals surface area (Å²) in [6, 6.07) is 6.99. The van der Waals surface area contributed by atoms with Crippen LogP contribution < -0.4 is 10.6 Å². The molecule has 2 amide bonds. The number of nitrogens with zero attached hydrogens (tertiary/aromatic N) is 1. The molecule has 4 aliphatic rings. The summed E-state index contributed by atoms with van der Waals surface area (Å²) >= 11 is 0. The monoisotopic (exact) mass is 665 g/mol. The number of hydrogen-bond donors (Lipinski definition) is 2. The molecule has 3 fully saturated rings. The van der Waals surface area contributed by atoms with Crippen LogP contribution in [0.2, 0.25) is 0 Å². The molecule has 12 heteroatoms. The molecule has 5 rings (SSSR count). The average Bonchev–Trinajstić information content (AvgIpc) is 3.46. The standard InChI is InChI=1S/C33H51N3O7S2/c1-30(2,3)43-29(38)34-26(13-20-44(6,39)40)28(37)35-27-21-24-12-15-33(27,31(24,4)5)22-45(41,42)36-18-16-32(17-19-36)14-11-23-9-7-8-10-25(23)32/h7-10,24,26-27H,11-22H2,1-6H3,(H,34,38)(H,35,37). The van der Waals surface area contributed by atoms with E-state index >= 15 is 0 Å². The molecular formula is C33H51N3O7S2. The number of sulfonamides is 1. The van der Waals surface area contributed by atoms with Gasteiger partial charge >= 0.3 is 6.09 Å². The number of alkyl carbamates (subject to hydrolysis) is 1. The molecule has 10 nitrogen and oxygen atoms in total. The Kier molecular flexibility index (Phi) is 8.96. The Balaban J connectivity index is 1.32. The summed E-state index contributed by atoms with van der Waals surface area (Å²) in [5.74, 6) is -0.619. The topological polar surface area (TPSA) is 139 Å². The van der Waals surface area contributed by atoms with Crippen LogP contribution in [0.3, 0.4) is 0 Å². The minimum absolute atomic E-state index is 0.0462. The molecule has 1 saturated heterocycles. The van der Waals surface area contributed by atoms with Gasteiger partial charge in [-0.15, -0.1) is 0 Å². The zero-order valence-electron chi connectivity index (χ0n) is 27.6. The Labute approximate surface area is 269 Å². The van der Waals surface area contributed by atoms with E-state index in [9.17, 15) is 26.4 Å². The van der Waals surface area contributed by atoms with Crippen LogP contribution >= 0.6 is 0 Å². The van der Waals surface area contributed by atoms with Crippen LogP contribution in [-0.2, 0) is 41.2 Å². The molecule has 0 aromatic heterocycles. The van der Waals surface area contributed by atoms with E-state index in [2.05, 4.69) is 48.7 Å². The smallest absolute Gasteiger partial charge is 0.408 e. The highest BCUT2D eigenvalue weighted by Gasteiger charge is 2.66. The molecular weight excluding hydrogens is 615 g/mol. The van der Waals surface area contributed by atoms with E-state index in [1.165, 1.54) is 11.1 Å². The lowest BCUT2D eigenvalue weighted by Gasteiger charge is -2.45. The van der Waals surface area contributed by atoms with Crippen molar-refractivity contribution < 1.29 is 31.2 Å². The number of hydrogen-bond acceptors (Lipinski definition) is 7. The van der Waals surface area contributed by atoms with Gasteiger partial charge in [-0.05, 0) is 100 Å². The van der Waals surface area contributed by atoms with Crippen LogP contribution in [0.4, 0.5) is 4.79 Å². The largest absolute Gasteiger partial charge is 0.444 e. The first-order valence-electron chi connectivity index (χ1n) is 16.3. The molecule has 1 aromatic rings. The molecule has 4 atom stereocenters. The maximum absolute atomic E-state index is 14.2. The lowest BCUT2D eigenvalue weighted by molar-refractivity contribution is -0.125. The second-order valence-corrected chi connectivity index (χ2v) is 19.8. The molecule has 3 aliphatic carbocycles. The van der Waals surface area contributed by atoms with Gasteiger partial charge in [0.2, 0.25) is 15.9 Å². The second kappa shape index (κ2) is 11.8. The van der Waals surface area contributed by atoms with Gasteiger partial charge in [-0.2, -0.15) is 0 Å². The van der Waals surface area contributed by atoms with Gasteiger partial charge in [0.05, 0.1) is 11.5 Å². The lowest BCUT2D eigenvalue weighted by atomic mass is 9.69. The molecule has 2 saturated carbocycles. The third-order valence-corrected chi connectivity index (χ3v) is 14.5. The third-order valence-electron chi connectivity index (χ3n) is 11.5. The Morgan fingerprint density at radius 1 is 1.04 bits per heavy atom. The number of sulfone groups is 1.